The fourth-order valence-electron chi connectivity index (χ4n) is 2.34. The Hall–Kier alpha value is -0.520. The summed E-state index contributed by atoms with van der Waals surface area (Å²) in [6.07, 6.45) is 8.16. The van der Waals surface area contributed by atoms with Crippen LogP contribution in [0.5, 0.6) is 11.5 Å². The zero-order valence-corrected chi connectivity index (χ0v) is 14.6. The van der Waals surface area contributed by atoms with Gasteiger partial charge in [0.1, 0.15) is 13.2 Å². The van der Waals surface area contributed by atoms with Crippen molar-refractivity contribution in [2.45, 2.75) is 30.7 Å². The van der Waals surface area contributed by atoms with Crippen LogP contribution in [0.4, 0.5) is 0 Å². The van der Waals surface area contributed by atoms with Crippen LogP contribution in [-0.4, -0.2) is 38.0 Å². The molecule has 1 N–H and O–H groups in total. The Balaban J connectivity index is 1.81. The van der Waals surface area contributed by atoms with Crippen molar-refractivity contribution in [3.05, 3.63) is 17.7 Å². The monoisotopic (exact) mass is 327 g/mol. The highest BCUT2D eigenvalue weighted by Crippen LogP contribution is 2.36. The van der Waals surface area contributed by atoms with Gasteiger partial charge in [-0.2, -0.15) is 11.8 Å². The van der Waals surface area contributed by atoms with Gasteiger partial charge in [0, 0.05) is 11.4 Å². The Morgan fingerprint density at radius 1 is 1.05 bits per heavy atom. The van der Waals surface area contributed by atoms with Gasteiger partial charge in [-0.3, -0.25) is 0 Å². The molecule has 0 aromatic heterocycles. The second kappa shape index (κ2) is 9.49. The van der Waals surface area contributed by atoms with Crippen LogP contribution in [0.25, 0.3) is 0 Å². The first-order valence-electron chi connectivity index (χ1n) is 7.51. The van der Waals surface area contributed by atoms with Gasteiger partial charge in [-0.15, -0.1) is 11.8 Å². The number of ether oxygens (including phenoxy) is 2. The van der Waals surface area contributed by atoms with Gasteiger partial charge >= 0.3 is 0 Å². The van der Waals surface area contributed by atoms with Crippen molar-refractivity contribution in [3.63, 3.8) is 0 Å². The molecule has 3 nitrogen and oxygen atoms in total. The lowest BCUT2D eigenvalue weighted by Crippen LogP contribution is -2.18. The lowest BCUT2D eigenvalue weighted by Gasteiger charge is -2.21. The molecule has 21 heavy (non-hydrogen) atoms. The van der Waals surface area contributed by atoms with Crippen molar-refractivity contribution in [2.24, 2.45) is 0 Å². The number of benzene rings is 1. The molecule has 0 atom stereocenters. The van der Waals surface area contributed by atoms with Crippen molar-refractivity contribution in [1.82, 2.24) is 5.32 Å². The van der Waals surface area contributed by atoms with Gasteiger partial charge in [0.2, 0.25) is 0 Å². The molecule has 1 heterocycles. The number of fused-ring (bicyclic) bond motifs is 1. The summed E-state index contributed by atoms with van der Waals surface area (Å²) in [4.78, 5) is 1.27. The first-order chi connectivity index (χ1) is 10.3. The molecule has 0 saturated heterocycles. The Morgan fingerprint density at radius 3 is 2.52 bits per heavy atom. The predicted octanol–water partition coefficient (Wildman–Crippen LogP) is 3.80. The molecule has 2 rings (SSSR count). The largest absolute Gasteiger partial charge is 0.486 e. The van der Waals surface area contributed by atoms with E-state index < -0.39 is 0 Å². The molecule has 0 spiro atoms. The van der Waals surface area contributed by atoms with Crippen LogP contribution >= 0.6 is 23.5 Å². The van der Waals surface area contributed by atoms with Crippen LogP contribution in [0.1, 0.15) is 24.8 Å². The van der Waals surface area contributed by atoms with E-state index in [9.17, 15) is 0 Å². The number of hydrogen-bond acceptors (Lipinski definition) is 5. The molecule has 118 valence electrons. The summed E-state index contributed by atoms with van der Waals surface area (Å²) < 4.78 is 11.3. The van der Waals surface area contributed by atoms with E-state index in [2.05, 4.69) is 30.0 Å². The number of hydrogen-bond donors (Lipinski definition) is 1. The summed E-state index contributed by atoms with van der Waals surface area (Å²) in [5.74, 6) is 3.04. The van der Waals surface area contributed by atoms with Crippen LogP contribution in [0, 0.1) is 0 Å². The Bertz CT molecular complexity index is 441. The molecular weight excluding hydrogens is 302 g/mol. The van der Waals surface area contributed by atoms with Gasteiger partial charge in [-0.1, -0.05) is 6.42 Å². The third kappa shape index (κ3) is 5.31. The summed E-state index contributed by atoms with van der Waals surface area (Å²) in [6, 6.07) is 4.23. The van der Waals surface area contributed by atoms with E-state index in [-0.39, 0.29) is 0 Å². The molecule has 0 aliphatic carbocycles. The van der Waals surface area contributed by atoms with E-state index >= 15 is 0 Å². The van der Waals surface area contributed by atoms with Gasteiger partial charge in [0.05, 0.1) is 0 Å². The predicted molar refractivity (Wildman–Crippen MR) is 93.2 cm³/mol. The topological polar surface area (TPSA) is 30.5 Å². The van der Waals surface area contributed by atoms with Crippen LogP contribution < -0.4 is 14.8 Å². The van der Waals surface area contributed by atoms with Crippen LogP contribution in [0.15, 0.2) is 17.0 Å². The van der Waals surface area contributed by atoms with E-state index in [4.69, 9.17) is 9.47 Å². The minimum atomic E-state index is 0.647. The van der Waals surface area contributed by atoms with Crippen molar-refractivity contribution < 1.29 is 9.47 Å². The van der Waals surface area contributed by atoms with Gasteiger partial charge in [-0.05, 0) is 55.3 Å². The molecule has 0 bridgehead atoms. The minimum absolute atomic E-state index is 0.647. The zero-order chi connectivity index (χ0) is 14.9. The highest BCUT2D eigenvalue weighted by Gasteiger charge is 2.15. The molecule has 1 aliphatic heterocycles. The third-order valence-electron chi connectivity index (χ3n) is 3.46. The first kappa shape index (κ1) is 16.8. The molecule has 1 aromatic rings. The maximum Gasteiger partial charge on any atom is 0.162 e. The van der Waals surface area contributed by atoms with Gasteiger partial charge in [-0.25, -0.2) is 0 Å². The molecule has 0 unspecified atom stereocenters. The van der Waals surface area contributed by atoms with Gasteiger partial charge < -0.3 is 14.8 Å². The molecule has 1 aromatic carbocycles. The van der Waals surface area contributed by atoms with Crippen molar-refractivity contribution >= 4 is 23.5 Å². The standard InChI is InChI=1S/C16H25NO2S2/c1-20-9-5-3-4-6-17-12-13-10-14-15(11-16(13)21-2)19-8-7-18-14/h10-11,17H,3-9,12H2,1-2H3. The van der Waals surface area contributed by atoms with Crippen LogP contribution in [0.2, 0.25) is 0 Å². The second-order valence-corrected chi connectivity index (χ2v) is 6.87. The average molecular weight is 328 g/mol. The zero-order valence-electron chi connectivity index (χ0n) is 12.9. The van der Waals surface area contributed by atoms with E-state index in [1.807, 2.05) is 11.8 Å². The number of rotatable bonds is 9. The molecule has 5 heteroatoms. The average Bonchev–Trinajstić information content (AvgIpc) is 2.53. The molecular formula is C16H25NO2S2. The SMILES string of the molecule is CSCCCCCNCc1cc2c(cc1SC)OCCO2. The summed E-state index contributed by atoms with van der Waals surface area (Å²) in [5, 5.41) is 3.54. The fraction of sp³-hybridized carbons (Fsp3) is 0.625. The van der Waals surface area contributed by atoms with Gasteiger partial charge in [0.15, 0.2) is 11.5 Å². The molecule has 0 fully saturated rings. The Kier molecular flexibility index (Phi) is 7.61. The first-order valence-corrected chi connectivity index (χ1v) is 10.1. The van der Waals surface area contributed by atoms with Gasteiger partial charge in [0.25, 0.3) is 0 Å². The molecule has 0 radical (unpaired) electrons. The van der Waals surface area contributed by atoms with E-state index in [1.165, 1.54) is 35.5 Å². The van der Waals surface area contributed by atoms with Crippen LogP contribution in [-0.2, 0) is 6.54 Å². The maximum atomic E-state index is 5.67. The smallest absolute Gasteiger partial charge is 0.162 e. The minimum Gasteiger partial charge on any atom is -0.486 e. The fourth-order valence-corrected chi connectivity index (χ4v) is 3.45. The van der Waals surface area contributed by atoms with Crippen LogP contribution in [0.3, 0.4) is 0 Å². The number of nitrogens with one attached hydrogen (secondary N) is 1. The summed E-state index contributed by atoms with van der Waals surface area (Å²) in [5.41, 5.74) is 1.30. The second-order valence-electron chi connectivity index (χ2n) is 5.04. The lowest BCUT2D eigenvalue weighted by molar-refractivity contribution is 0.171. The third-order valence-corrected chi connectivity index (χ3v) is 4.98. The Morgan fingerprint density at radius 2 is 1.81 bits per heavy atom. The quantitative estimate of drug-likeness (QED) is 0.550. The molecule has 0 amide bonds. The number of thioether (sulfide) groups is 2. The van der Waals surface area contributed by atoms with Crippen molar-refractivity contribution in [3.8, 4) is 11.5 Å². The molecule has 1 aliphatic rings. The van der Waals surface area contributed by atoms with Crippen molar-refractivity contribution in [2.75, 3.05) is 38.0 Å². The maximum absolute atomic E-state index is 5.67. The highest BCUT2D eigenvalue weighted by molar-refractivity contribution is 7.98. The van der Waals surface area contributed by atoms with Crippen molar-refractivity contribution in [1.29, 1.82) is 0 Å². The lowest BCUT2D eigenvalue weighted by atomic mass is 10.2. The number of unbranched alkanes of at least 4 members (excludes halogenated alkanes) is 2. The summed E-state index contributed by atoms with van der Waals surface area (Å²) in [7, 11) is 0. The van der Waals surface area contributed by atoms with E-state index in [0.29, 0.717) is 13.2 Å². The summed E-state index contributed by atoms with van der Waals surface area (Å²) in [6.45, 7) is 3.27. The highest BCUT2D eigenvalue weighted by atomic mass is 32.2. The summed E-state index contributed by atoms with van der Waals surface area (Å²) >= 11 is 3.70. The van der Waals surface area contributed by atoms with E-state index in [1.54, 1.807) is 11.8 Å². The Labute approximate surface area is 136 Å². The molecule has 0 saturated carbocycles. The normalized spacial score (nSPS) is 13.4. The van der Waals surface area contributed by atoms with E-state index in [0.717, 1.165) is 24.6 Å².